The van der Waals surface area contributed by atoms with Gasteiger partial charge in [0, 0.05) is 60.5 Å². The van der Waals surface area contributed by atoms with E-state index in [1.54, 1.807) is 14.1 Å². The number of nitriles is 1. The minimum atomic E-state index is -0.714. The first kappa shape index (κ1) is 19.5. The monoisotopic (exact) mass is 413 g/mol. The number of amides is 1. The van der Waals surface area contributed by atoms with E-state index >= 15 is 4.39 Å². The number of fused-ring (bicyclic) bond motifs is 2. The third kappa shape index (κ3) is 2.90. The van der Waals surface area contributed by atoms with Gasteiger partial charge < -0.3 is 16.0 Å². The number of nitrogens with two attached hydrogens (primary N) is 1. The van der Waals surface area contributed by atoms with Crippen molar-refractivity contribution in [1.29, 1.82) is 5.26 Å². The molecule has 1 spiro atoms. The van der Waals surface area contributed by atoms with Crippen molar-refractivity contribution in [3.05, 3.63) is 40.3 Å². The zero-order chi connectivity index (χ0) is 20.9. The van der Waals surface area contributed by atoms with E-state index < -0.39 is 11.7 Å². The molecule has 150 valence electrons. The number of hydrogen-bond acceptors (Lipinski definition) is 5. The van der Waals surface area contributed by atoms with E-state index in [2.05, 4.69) is 16.4 Å². The summed E-state index contributed by atoms with van der Waals surface area (Å²) in [5.41, 5.74) is 6.94. The van der Waals surface area contributed by atoms with Crippen LogP contribution in [0.25, 0.3) is 11.1 Å². The first-order chi connectivity index (χ1) is 13.8. The summed E-state index contributed by atoms with van der Waals surface area (Å²) in [5.74, 6) is -0.579. The molecule has 1 saturated carbocycles. The molecule has 2 atom stereocenters. The maximum absolute atomic E-state index is 15.4. The third-order valence-electron chi connectivity index (χ3n) is 6.02. The normalized spacial score (nSPS) is 22.2. The first-order valence-corrected chi connectivity index (χ1v) is 9.79. The summed E-state index contributed by atoms with van der Waals surface area (Å²) in [6.45, 7) is 0.658. The maximum atomic E-state index is 15.4. The van der Waals surface area contributed by atoms with Crippen LogP contribution in [0.5, 0.6) is 0 Å². The lowest BCUT2D eigenvalue weighted by atomic mass is 9.80. The minimum Gasteiger partial charge on any atom is -0.398 e. The zero-order valence-electron chi connectivity index (χ0n) is 16.2. The van der Waals surface area contributed by atoms with E-state index in [9.17, 15) is 10.1 Å². The summed E-state index contributed by atoms with van der Waals surface area (Å²) in [5, 5.41) is 13.0. The maximum Gasteiger partial charge on any atom is 0.258 e. The number of hydrogen-bond donors (Lipinski definition) is 2. The predicted molar refractivity (Wildman–Crippen MR) is 110 cm³/mol. The van der Waals surface area contributed by atoms with Gasteiger partial charge in [-0.15, -0.1) is 0 Å². The number of nitrogens with one attached hydrogen (secondary N) is 1. The fraction of sp³-hybridized carbons (Fsp3) is 0.381. The Balaban J connectivity index is 1.87. The second-order valence-corrected chi connectivity index (χ2v) is 8.38. The van der Waals surface area contributed by atoms with E-state index in [1.165, 1.54) is 23.2 Å². The number of carbonyl (C=O) groups excluding carboxylic acids is 1. The van der Waals surface area contributed by atoms with Gasteiger partial charge in [-0.2, -0.15) is 5.26 Å². The number of halogens is 2. The molecule has 1 amide bonds. The van der Waals surface area contributed by atoms with Gasteiger partial charge >= 0.3 is 0 Å². The lowest BCUT2D eigenvalue weighted by Gasteiger charge is -2.24. The fourth-order valence-corrected chi connectivity index (χ4v) is 4.94. The summed E-state index contributed by atoms with van der Waals surface area (Å²) in [7, 11) is 3.08. The van der Waals surface area contributed by atoms with E-state index in [0.29, 0.717) is 29.4 Å². The number of carbonyl (C=O) groups is 1. The van der Waals surface area contributed by atoms with Gasteiger partial charge in [0.1, 0.15) is 11.6 Å². The minimum absolute atomic E-state index is 0.0277. The van der Waals surface area contributed by atoms with Crippen molar-refractivity contribution in [1.82, 2.24) is 9.88 Å². The molecule has 1 aromatic carbocycles. The van der Waals surface area contributed by atoms with Crippen LogP contribution in [0.1, 0.15) is 35.2 Å². The molecule has 0 bridgehead atoms. The van der Waals surface area contributed by atoms with Crippen molar-refractivity contribution < 1.29 is 9.18 Å². The van der Waals surface area contributed by atoms with Gasteiger partial charge in [-0.1, -0.05) is 11.6 Å². The van der Waals surface area contributed by atoms with Crippen LogP contribution in [-0.4, -0.2) is 36.4 Å². The third-order valence-corrected chi connectivity index (χ3v) is 6.41. The number of nitrogens with zero attached hydrogens (tertiary/aromatic N) is 3. The van der Waals surface area contributed by atoms with Gasteiger partial charge in [-0.05, 0) is 31.4 Å². The van der Waals surface area contributed by atoms with E-state index in [1.807, 2.05) is 0 Å². The first-order valence-electron chi connectivity index (χ1n) is 9.41. The summed E-state index contributed by atoms with van der Waals surface area (Å²) >= 11 is 6.80. The van der Waals surface area contributed by atoms with Gasteiger partial charge in [-0.3, -0.25) is 4.79 Å². The zero-order valence-corrected chi connectivity index (χ0v) is 17.0. The molecular formula is C21H21ClFN5O. The molecule has 2 aliphatic rings. The fourth-order valence-electron chi connectivity index (χ4n) is 4.50. The Hall–Kier alpha value is -2.85. The molecule has 1 aromatic heterocycles. The smallest absolute Gasteiger partial charge is 0.258 e. The number of nitrogen functional groups attached to an aromatic ring is 1. The van der Waals surface area contributed by atoms with E-state index in [-0.39, 0.29) is 28.1 Å². The molecule has 2 unspecified atom stereocenters. The molecule has 0 radical (unpaired) electrons. The number of anilines is 2. The Morgan fingerprint density at radius 3 is 2.86 bits per heavy atom. The summed E-state index contributed by atoms with van der Waals surface area (Å²) in [6, 6.07) is 5.38. The molecule has 2 heterocycles. The average Bonchev–Trinajstić information content (AvgIpc) is 3.27. The molecule has 1 aliphatic carbocycles. The van der Waals surface area contributed by atoms with Crippen molar-refractivity contribution in [2.24, 2.45) is 5.92 Å². The quantitative estimate of drug-likeness (QED) is 0.730. The van der Waals surface area contributed by atoms with Crippen molar-refractivity contribution in [3.63, 3.8) is 0 Å². The second-order valence-electron chi connectivity index (χ2n) is 8.00. The predicted octanol–water partition coefficient (Wildman–Crippen LogP) is 3.81. The number of benzene rings is 1. The Labute approximate surface area is 173 Å². The van der Waals surface area contributed by atoms with Crippen LogP contribution in [-0.2, 0) is 5.41 Å². The van der Waals surface area contributed by atoms with Crippen LogP contribution in [0.3, 0.4) is 0 Å². The highest BCUT2D eigenvalue weighted by molar-refractivity contribution is 6.34. The van der Waals surface area contributed by atoms with Gasteiger partial charge in [-0.25, -0.2) is 9.37 Å². The largest absolute Gasteiger partial charge is 0.398 e. The standard InChI is InChI=1S/C21H21ClFN5O/c1-28(2)20(29)15-14(25)4-3-12(18(15)23)13-9-26-19-16(17(13)22)21(10-27-19)6-5-11(7-21)8-24/h3-4,9,11H,5-7,10,25H2,1-2H3,(H,26,27). The van der Waals surface area contributed by atoms with E-state index in [4.69, 9.17) is 17.3 Å². The molecule has 1 aliphatic heterocycles. The molecule has 29 heavy (non-hydrogen) atoms. The van der Waals surface area contributed by atoms with Crippen LogP contribution in [0.15, 0.2) is 18.3 Å². The van der Waals surface area contributed by atoms with Crippen molar-refractivity contribution in [3.8, 4) is 17.2 Å². The Kier molecular flexibility index (Phi) is 4.62. The van der Waals surface area contributed by atoms with Gasteiger partial charge in [0.2, 0.25) is 0 Å². The summed E-state index contributed by atoms with van der Waals surface area (Å²) in [6.07, 6.45) is 3.84. The van der Waals surface area contributed by atoms with Crippen LogP contribution in [0.2, 0.25) is 5.02 Å². The molecule has 1 fully saturated rings. The molecular weight excluding hydrogens is 393 g/mol. The number of aromatic nitrogens is 1. The highest BCUT2D eigenvalue weighted by Gasteiger charge is 2.47. The van der Waals surface area contributed by atoms with Crippen LogP contribution < -0.4 is 11.1 Å². The lowest BCUT2D eigenvalue weighted by Crippen LogP contribution is -2.25. The molecule has 4 rings (SSSR count). The van der Waals surface area contributed by atoms with Gasteiger partial charge in [0.05, 0.1) is 16.7 Å². The lowest BCUT2D eigenvalue weighted by molar-refractivity contribution is 0.0824. The second kappa shape index (κ2) is 6.89. The highest BCUT2D eigenvalue weighted by Crippen LogP contribution is 2.53. The Morgan fingerprint density at radius 1 is 1.45 bits per heavy atom. The topological polar surface area (TPSA) is 95.0 Å². The van der Waals surface area contributed by atoms with Crippen LogP contribution >= 0.6 is 11.6 Å². The van der Waals surface area contributed by atoms with Crippen LogP contribution in [0, 0.1) is 23.1 Å². The highest BCUT2D eigenvalue weighted by atomic mass is 35.5. The molecule has 0 saturated heterocycles. The SMILES string of the molecule is CN(C)C(=O)c1c(N)ccc(-c2cnc3c(c2Cl)C2(CCC(C#N)C2)CN3)c1F. The molecule has 2 aromatic rings. The van der Waals surface area contributed by atoms with Crippen LogP contribution in [0.4, 0.5) is 15.9 Å². The van der Waals surface area contributed by atoms with Crippen molar-refractivity contribution in [2.75, 3.05) is 31.7 Å². The van der Waals surface area contributed by atoms with Crippen molar-refractivity contribution in [2.45, 2.75) is 24.7 Å². The summed E-state index contributed by atoms with van der Waals surface area (Å²) < 4.78 is 15.4. The molecule has 3 N–H and O–H groups in total. The number of pyridine rings is 1. The summed E-state index contributed by atoms with van der Waals surface area (Å²) in [4.78, 5) is 18.2. The van der Waals surface area contributed by atoms with Gasteiger partial charge in [0.15, 0.2) is 0 Å². The Morgan fingerprint density at radius 2 is 2.21 bits per heavy atom. The van der Waals surface area contributed by atoms with Gasteiger partial charge in [0.25, 0.3) is 5.91 Å². The average molecular weight is 414 g/mol. The molecule has 6 nitrogen and oxygen atoms in total. The van der Waals surface area contributed by atoms with Crippen molar-refractivity contribution >= 4 is 29.0 Å². The van der Waals surface area contributed by atoms with E-state index in [0.717, 1.165) is 18.4 Å². The Bertz CT molecular complexity index is 1060. The molecule has 8 heteroatoms. The number of rotatable bonds is 2.